The number of carbonyl (C=O) groups is 1. The van der Waals surface area contributed by atoms with E-state index in [1.165, 1.54) is 6.92 Å². The minimum Gasteiger partial charge on any atom is -0.405 e. The van der Waals surface area contributed by atoms with Crippen LogP contribution in [0.2, 0.25) is 10.1 Å². The zero-order valence-electron chi connectivity index (χ0n) is 35.4. The van der Waals surface area contributed by atoms with Crippen molar-refractivity contribution in [2.75, 3.05) is 13.2 Å². The maximum absolute atomic E-state index is 12.3. The van der Waals surface area contributed by atoms with Gasteiger partial charge >= 0.3 is 0 Å². The number of carbonyl (C=O) groups excluding carboxylic acids is 1. The molecule has 2 heterocycles. The van der Waals surface area contributed by atoms with E-state index in [0.717, 1.165) is 20.7 Å². The minimum atomic E-state index is -3.18. The number of aliphatic hydroxyl groups excluding tert-OH is 5. The number of amides is 1. The van der Waals surface area contributed by atoms with Gasteiger partial charge in [-0.05, 0) is 30.8 Å². The Morgan fingerprint density at radius 1 is 0.567 bits per heavy atom. The summed E-state index contributed by atoms with van der Waals surface area (Å²) >= 11 is 0. The lowest BCUT2D eigenvalue weighted by Gasteiger charge is -2.49. The van der Waals surface area contributed by atoms with E-state index < -0.39 is 94.0 Å². The molecular formula is C46H61NO11Si2. The summed E-state index contributed by atoms with van der Waals surface area (Å²) in [6, 6.07) is 38.4. The lowest BCUT2D eigenvalue weighted by Crippen LogP contribution is -2.70. The molecule has 12 nitrogen and oxygen atoms in total. The fraction of sp³-hybridized carbons (Fsp3) is 0.457. The summed E-state index contributed by atoms with van der Waals surface area (Å²) in [4.78, 5) is 12.3. The van der Waals surface area contributed by atoms with E-state index in [1.807, 2.05) is 121 Å². The second kappa shape index (κ2) is 18.8. The van der Waals surface area contributed by atoms with Crippen LogP contribution in [0.25, 0.3) is 0 Å². The Hall–Kier alpha value is -3.62. The molecule has 4 aromatic rings. The van der Waals surface area contributed by atoms with Crippen LogP contribution in [0.1, 0.15) is 48.5 Å². The third-order valence-corrected chi connectivity index (χ3v) is 21.8. The van der Waals surface area contributed by atoms with Gasteiger partial charge in [0.25, 0.3) is 16.6 Å². The second-order valence-corrected chi connectivity index (χ2v) is 26.5. The van der Waals surface area contributed by atoms with Crippen LogP contribution < -0.4 is 26.1 Å². The summed E-state index contributed by atoms with van der Waals surface area (Å²) in [6.07, 6.45) is -13.7. The van der Waals surface area contributed by atoms with Gasteiger partial charge in [0.2, 0.25) is 5.91 Å². The molecule has 2 saturated heterocycles. The fourth-order valence-electron chi connectivity index (χ4n) is 8.89. The van der Waals surface area contributed by atoms with Gasteiger partial charge in [0.15, 0.2) is 12.6 Å². The SMILES string of the molecule is CC(=O)N[C@@H]1[C@@H](O)[C@H](O[C@@H]2O[C@H](CO[Si](c3ccccc3)(c3ccccc3)C(C)(C)C)[C@H](O)[C@H](O)[C@H]2O)[C@@H](CO[Si](c2ccccc2)(c2ccccc2)C(C)(C)C)O[C@H]1O. The number of ether oxygens (including phenoxy) is 3. The molecular weight excluding hydrogens is 799 g/mol. The summed E-state index contributed by atoms with van der Waals surface area (Å²) in [5, 5.41) is 62.9. The third kappa shape index (κ3) is 9.12. The van der Waals surface area contributed by atoms with E-state index >= 15 is 0 Å². The highest BCUT2D eigenvalue weighted by molar-refractivity contribution is 7.00. The highest BCUT2D eigenvalue weighted by Crippen LogP contribution is 2.39. The van der Waals surface area contributed by atoms with Crippen LogP contribution in [0.15, 0.2) is 121 Å². The first-order valence-electron chi connectivity index (χ1n) is 20.6. The molecule has 60 heavy (non-hydrogen) atoms. The van der Waals surface area contributed by atoms with Crippen molar-refractivity contribution in [2.45, 2.75) is 120 Å². The summed E-state index contributed by atoms with van der Waals surface area (Å²) in [5.41, 5.74) is 0. The van der Waals surface area contributed by atoms with E-state index in [4.69, 9.17) is 23.1 Å². The van der Waals surface area contributed by atoms with Crippen molar-refractivity contribution in [1.29, 1.82) is 0 Å². The molecule has 1 amide bonds. The van der Waals surface area contributed by atoms with Gasteiger partial charge in [0.1, 0.15) is 48.8 Å². The summed E-state index contributed by atoms with van der Waals surface area (Å²) in [6.45, 7) is 13.5. The van der Waals surface area contributed by atoms with Crippen LogP contribution in [-0.2, 0) is 27.9 Å². The van der Waals surface area contributed by atoms with Crippen LogP contribution in [0, 0.1) is 0 Å². The van der Waals surface area contributed by atoms with Crippen LogP contribution in [0.4, 0.5) is 0 Å². The predicted molar refractivity (Wildman–Crippen MR) is 233 cm³/mol. The lowest BCUT2D eigenvalue weighted by molar-refractivity contribution is -0.344. The van der Waals surface area contributed by atoms with E-state index in [2.05, 4.69) is 46.9 Å². The summed E-state index contributed by atoms with van der Waals surface area (Å²) in [5.74, 6) is -0.532. The van der Waals surface area contributed by atoms with Crippen LogP contribution in [-0.4, -0.2) is 123 Å². The number of nitrogens with one attached hydrogen (secondary N) is 1. The molecule has 14 heteroatoms. The van der Waals surface area contributed by atoms with Crippen LogP contribution in [0.5, 0.6) is 0 Å². The highest BCUT2D eigenvalue weighted by Gasteiger charge is 2.56. The molecule has 0 saturated carbocycles. The van der Waals surface area contributed by atoms with Gasteiger partial charge in [-0.1, -0.05) is 163 Å². The van der Waals surface area contributed by atoms with Gasteiger partial charge in [-0.3, -0.25) is 4.79 Å². The van der Waals surface area contributed by atoms with Gasteiger partial charge in [0, 0.05) is 6.92 Å². The molecule has 0 aromatic heterocycles. The Morgan fingerprint density at radius 2 is 0.950 bits per heavy atom. The van der Waals surface area contributed by atoms with E-state index in [1.54, 1.807) is 0 Å². The van der Waals surface area contributed by atoms with Crippen molar-refractivity contribution < 1.29 is 53.4 Å². The van der Waals surface area contributed by atoms with Gasteiger partial charge in [0.05, 0.1) is 13.2 Å². The first-order valence-corrected chi connectivity index (χ1v) is 24.4. The van der Waals surface area contributed by atoms with Crippen molar-refractivity contribution in [3.63, 3.8) is 0 Å². The predicted octanol–water partition coefficient (Wildman–Crippen LogP) is 1.92. The third-order valence-electron chi connectivity index (χ3n) is 11.8. The Balaban J connectivity index is 1.33. The van der Waals surface area contributed by atoms with Gasteiger partial charge in [-0.15, -0.1) is 0 Å². The molecule has 10 atom stereocenters. The van der Waals surface area contributed by atoms with Crippen molar-refractivity contribution in [1.82, 2.24) is 5.32 Å². The van der Waals surface area contributed by atoms with Crippen molar-refractivity contribution in [2.24, 2.45) is 0 Å². The lowest BCUT2D eigenvalue weighted by atomic mass is 9.95. The van der Waals surface area contributed by atoms with E-state index in [0.29, 0.717) is 0 Å². The molecule has 324 valence electrons. The Labute approximate surface area is 355 Å². The van der Waals surface area contributed by atoms with Crippen LogP contribution in [0.3, 0.4) is 0 Å². The van der Waals surface area contributed by atoms with Gasteiger partial charge in [-0.25, -0.2) is 0 Å². The molecule has 6 rings (SSSR count). The van der Waals surface area contributed by atoms with Crippen LogP contribution >= 0.6 is 0 Å². The molecule has 0 bridgehead atoms. The topological polar surface area (TPSA) is 176 Å². The molecule has 0 spiro atoms. The molecule has 2 aliphatic rings. The smallest absolute Gasteiger partial charge is 0.261 e. The summed E-state index contributed by atoms with van der Waals surface area (Å²) in [7, 11) is -6.32. The molecule has 0 unspecified atom stereocenters. The number of rotatable bonds is 13. The van der Waals surface area contributed by atoms with Crippen molar-refractivity contribution in [3.05, 3.63) is 121 Å². The molecule has 4 aromatic carbocycles. The average Bonchev–Trinajstić information content (AvgIpc) is 3.22. The quantitative estimate of drug-likeness (QED) is 0.108. The summed E-state index contributed by atoms with van der Waals surface area (Å²) < 4.78 is 33.0. The number of benzene rings is 4. The zero-order chi connectivity index (χ0) is 43.5. The average molecular weight is 860 g/mol. The minimum absolute atomic E-state index is 0.185. The maximum Gasteiger partial charge on any atom is 0.261 e. The first kappa shape index (κ1) is 45.9. The fourth-order valence-corrected chi connectivity index (χ4v) is 18.0. The standard InChI is InChI=1S/C46H61NO11Si2/c1-30(48)47-37-39(50)42(36(56-43(37)53)29-55-60(46(5,6)7,33-24-16-10-17-25-33)34-26-18-11-19-27-34)58-44-41(52)40(51)38(49)35(57-44)28-54-59(45(2,3)4,31-20-12-8-13-21-31)32-22-14-9-15-23-32/h8-27,35-44,49-53H,28-29H2,1-7H3,(H,47,48)/t35-,36-,37-,38+,39-,40+,41-,42-,43-,44+/m1/s1. The Bertz CT molecular complexity index is 1890. The van der Waals surface area contributed by atoms with Crippen molar-refractivity contribution in [3.8, 4) is 0 Å². The zero-order valence-corrected chi connectivity index (χ0v) is 37.4. The molecule has 0 radical (unpaired) electrons. The second-order valence-electron chi connectivity index (χ2n) is 17.8. The monoisotopic (exact) mass is 859 g/mol. The highest BCUT2D eigenvalue weighted by atomic mass is 28.4. The first-order chi connectivity index (χ1) is 28.4. The van der Waals surface area contributed by atoms with Gasteiger partial charge < -0.3 is 53.9 Å². The number of hydrogen-bond donors (Lipinski definition) is 6. The normalized spacial score (nSPS) is 27.9. The maximum atomic E-state index is 12.3. The Kier molecular flexibility index (Phi) is 14.4. The largest absolute Gasteiger partial charge is 0.405 e. The Morgan fingerprint density at radius 3 is 1.32 bits per heavy atom. The van der Waals surface area contributed by atoms with Crippen molar-refractivity contribution >= 4 is 43.3 Å². The molecule has 2 fully saturated rings. The van der Waals surface area contributed by atoms with E-state index in [9.17, 15) is 30.3 Å². The molecule has 2 aliphatic heterocycles. The van der Waals surface area contributed by atoms with Gasteiger partial charge in [-0.2, -0.15) is 0 Å². The molecule has 0 aliphatic carbocycles. The number of hydrogen-bond acceptors (Lipinski definition) is 11. The molecule has 6 N–H and O–H groups in total. The van der Waals surface area contributed by atoms with E-state index in [-0.39, 0.29) is 13.2 Å². The number of aliphatic hydroxyl groups is 5.